The van der Waals surface area contributed by atoms with Crippen molar-refractivity contribution in [3.63, 3.8) is 0 Å². The van der Waals surface area contributed by atoms with E-state index in [9.17, 15) is 0 Å². The number of piperidine rings is 1. The smallest absolute Gasteiger partial charge is 0.0700 e. The van der Waals surface area contributed by atoms with E-state index in [0.29, 0.717) is 6.61 Å². The first-order chi connectivity index (χ1) is 9.38. The van der Waals surface area contributed by atoms with Crippen LogP contribution in [0.5, 0.6) is 0 Å². The molecule has 1 saturated heterocycles. The van der Waals surface area contributed by atoms with E-state index in [2.05, 4.69) is 10.2 Å². The molecule has 0 aromatic rings. The first-order valence-electron chi connectivity index (χ1n) is 7.91. The Hall–Kier alpha value is -0.160. The molecule has 1 N–H and O–H groups in total. The average Bonchev–Trinajstić information content (AvgIpc) is 3.25. The van der Waals surface area contributed by atoms with Gasteiger partial charge in [0.25, 0.3) is 0 Å². The molecule has 112 valence electrons. The Morgan fingerprint density at radius 3 is 2.84 bits per heavy atom. The number of nitrogens with one attached hydrogen (secondary N) is 1. The maximum absolute atomic E-state index is 5.52. The topological polar surface area (TPSA) is 33.7 Å². The minimum Gasteiger partial charge on any atom is -0.382 e. The highest BCUT2D eigenvalue weighted by atomic mass is 16.5. The van der Waals surface area contributed by atoms with Gasteiger partial charge >= 0.3 is 0 Å². The van der Waals surface area contributed by atoms with Crippen LogP contribution in [0.2, 0.25) is 0 Å². The lowest BCUT2D eigenvalue weighted by Crippen LogP contribution is -2.40. The molecule has 19 heavy (non-hydrogen) atoms. The van der Waals surface area contributed by atoms with Crippen molar-refractivity contribution in [2.45, 2.75) is 38.1 Å². The third kappa shape index (κ3) is 6.70. The van der Waals surface area contributed by atoms with Gasteiger partial charge in [0, 0.05) is 32.8 Å². The molecule has 2 fully saturated rings. The summed E-state index contributed by atoms with van der Waals surface area (Å²) in [5, 5.41) is 3.67. The molecule has 4 heteroatoms. The molecule has 1 saturated carbocycles. The number of likely N-dealkylation sites (tertiary alicyclic amines) is 1. The van der Waals surface area contributed by atoms with Crippen molar-refractivity contribution >= 4 is 0 Å². The van der Waals surface area contributed by atoms with Crippen LogP contribution in [0.15, 0.2) is 0 Å². The van der Waals surface area contributed by atoms with Crippen LogP contribution >= 0.6 is 0 Å². The van der Waals surface area contributed by atoms with Gasteiger partial charge in [-0.25, -0.2) is 0 Å². The summed E-state index contributed by atoms with van der Waals surface area (Å²) < 4.78 is 10.5. The largest absolute Gasteiger partial charge is 0.382 e. The zero-order valence-corrected chi connectivity index (χ0v) is 12.4. The third-order valence-electron chi connectivity index (χ3n) is 4.07. The number of rotatable bonds is 10. The Balaban J connectivity index is 1.48. The summed E-state index contributed by atoms with van der Waals surface area (Å²) in [6.45, 7) is 7.27. The van der Waals surface area contributed by atoms with Crippen molar-refractivity contribution in [1.82, 2.24) is 10.2 Å². The van der Waals surface area contributed by atoms with Gasteiger partial charge in [-0.15, -0.1) is 0 Å². The van der Waals surface area contributed by atoms with Gasteiger partial charge in [0.1, 0.15) is 0 Å². The maximum atomic E-state index is 5.52. The van der Waals surface area contributed by atoms with Crippen LogP contribution in [0.3, 0.4) is 0 Å². The first kappa shape index (κ1) is 15.2. The molecule has 4 nitrogen and oxygen atoms in total. The minimum atomic E-state index is 0.707. The van der Waals surface area contributed by atoms with Crippen LogP contribution < -0.4 is 5.32 Å². The standard InChI is InChI=1S/C15H30N2O2/c1-18-10-11-19-9-3-8-17-7-2-4-14(13-17)12-16-15-5-6-15/h14-16H,2-13H2,1H3. The van der Waals surface area contributed by atoms with Gasteiger partial charge in [0.2, 0.25) is 0 Å². The fourth-order valence-electron chi connectivity index (χ4n) is 2.78. The highest BCUT2D eigenvalue weighted by molar-refractivity contribution is 4.83. The number of ether oxygens (including phenoxy) is 2. The van der Waals surface area contributed by atoms with Crippen molar-refractivity contribution in [2.24, 2.45) is 5.92 Å². The summed E-state index contributed by atoms with van der Waals surface area (Å²) >= 11 is 0. The van der Waals surface area contributed by atoms with Crippen molar-refractivity contribution in [3.8, 4) is 0 Å². The molecule has 1 atom stereocenters. The van der Waals surface area contributed by atoms with E-state index in [0.717, 1.165) is 31.6 Å². The normalized spacial score (nSPS) is 24.8. The van der Waals surface area contributed by atoms with Crippen molar-refractivity contribution in [3.05, 3.63) is 0 Å². The van der Waals surface area contributed by atoms with Gasteiger partial charge in [-0.1, -0.05) is 0 Å². The molecule has 0 aromatic carbocycles. The summed E-state index contributed by atoms with van der Waals surface area (Å²) in [4.78, 5) is 2.61. The van der Waals surface area contributed by atoms with E-state index in [1.807, 2.05) is 0 Å². The highest BCUT2D eigenvalue weighted by Gasteiger charge is 2.24. The lowest BCUT2D eigenvalue weighted by Gasteiger charge is -2.32. The first-order valence-corrected chi connectivity index (χ1v) is 7.91. The van der Waals surface area contributed by atoms with Gasteiger partial charge in [-0.2, -0.15) is 0 Å². The van der Waals surface area contributed by atoms with Crippen molar-refractivity contribution < 1.29 is 9.47 Å². The Morgan fingerprint density at radius 1 is 1.16 bits per heavy atom. The highest BCUT2D eigenvalue weighted by Crippen LogP contribution is 2.21. The Labute approximate surface area is 117 Å². The van der Waals surface area contributed by atoms with Gasteiger partial charge in [0.05, 0.1) is 13.2 Å². The second kappa shape index (κ2) is 8.90. The second-order valence-corrected chi connectivity index (χ2v) is 5.95. The summed E-state index contributed by atoms with van der Waals surface area (Å²) in [6, 6.07) is 0.851. The molecule has 1 aliphatic heterocycles. The van der Waals surface area contributed by atoms with Crippen LogP contribution in [0, 0.1) is 5.92 Å². The van der Waals surface area contributed by atoms with Crippen LogP contribution in [0.4, 0.5) is 0 Å². The van der Waals surface area contributed by atoms with E-state index in [-0.39, 0.29) is 0 Å². The summed E-state index contributed by atoms with van der Waals surface area (Å²) in [5.41, 5.74) is 0. The Morgan fingerprint density at radius 2 is 2.05 bits per heavy atom. The molecule has 1 aliphatic carbocycles. The zero-order valence-electron chi connectivity index (χ0n) is 12.4. The Bertz CT molecular complexity index is 234. The summed E-state index contributed by atoms with van der Waals surface area (Å²) in [5.74, 6) is 0.865. The fraction of sp³-hybridized carbons (Fsp3) is 1.00. The van der Waals surface area contributed by atoms with Crippen LogP contribution in [-0.4, -0.2) is 64.1 Å². The van der Waals surface area contributed by atoms with Gasteiger partial charge in [-0.3, -0.25) is 0 Å². The number of nitrogens with zero attached hydrogens (tertiary/aromatic N) is 1. The molecule has 0 aromatic heterocycles. The monoisotopic (exact) mass is 270 g/mol. The number of hydrogen-bond acceptors (Lipinski definition) is 4. The molecule has 0 spiro atoms. The fourth-order valence-corrected chi connectivity index (χ4v) is 2.78. The van der Waals surface area contributed by atoms with E-state index >= 15 is 0 Å². The van der Waals surface area contributed by atoms with Crippen LogP contribution in [-0.2, 0) is 9.47 Å². The van der Waals surface area contributed by atoms with E-state index in [1.54, 1.807) is 7.11 Å². The third-order valence-corrected chi connectivity index (χ3v) is 4.07. The lowest BCUT2D eigenvalue weighted by atomic mass is 9.98. The lowest BCUT2D eigenvalue weighted by molar-refractivity contribution is 0.0624. The number of methoxy groups -OCH3 is 1. The number of hydrogen-bond donors (Lipinski definition) is 1. The molecule has 0 bridgehead atoms. The van der Waals surface area contributed by atoms with Crippen LogP contribution in [0.1, 0.15) is 32.1 Å². The zero-order chi connectivity index (χ0) is 13.3. The van der Waals surface area contributed by atoms with E-state index in [4.69, 9.17) is 9.47 Å². The molecule has 0 amide bonds. The van der Waals surface area contributed by atoms with Crippen molar-refractivity contribution in [2.75, 3.05) is 53.1 Å². The summed E-state index contributed by atoms with van der Waals surface area (Å²) in [6.07, 6.45) is 6.71. The molecule has 2 aliphatic rings. The van der Waals surface area contributed by atoms with Gasteiger partial charge in [0.15, 0.2) is 0 Å². The van der Waals surface area contributed by atoms with Crippen LogP contribution in [0.25, 0.3) is 0 Å². The molecule has 1 heterocycles. The molecular formula is C15H30N2O2. The maximum Gasteiger partial charge on any atom is 0.0700 e. The van der Waals surface area contributed by atoms with E-state index < -0.39 is 0 Å². The molecule has 1 unspecified atom stereocenters. The van der Waals surface area contributed by atoms with E-state index in [1.165, 1.54) is 51.9 Å². The Kier molecular flexibility index (Phi) is 7.14. The minimum absolute atomic E-state index is 0.707. The van der Waals surface area contributed by atoms with Crippen molar-refractivity contribution in [1.29, 1.82) is 0 Å². The molecule has 2 rings (SSSR count). The SMILES string of the molecule is COCCOCCCN1CCCC(CNC2CC2)C1. The second-order valence-electron chi connectivity index (χ2n) is 5.95. The van der Waals surface area contributed by atoms with Gasteiger partial charge in [-0.05, 0) is 51.1 Å². The summed E-state index contributed by atoms with van der Waals surface area (Å²) in [7, 11) is 1.72. The predicted molar refractivity (Wildman–Crippen MR) is 77.5 cm³/mol. The quantitative estimate of drug-likeness (QED) is 0.610. The molecule has 0 radical (unpaired) electrons. The predicted octanol–water partition coefficient (Wildman–Crippen LogP) is 1.50. The van der Waals surface area contributed by atoms with Gasteiger partial charge < -0.3 is 19.7 Å². The average molecular weight is 270 g/mol. The molecular weight excluding hydrogens is 240 g/mol.